The van der Waals surface area contributed by atoms with E-state index in [-0.39, 0.29) is 22.2 Å². The molecule has 2 aromatic carbocycles. The van der Waals surface area contributed by atoms with Crippen LogP contribution in [0, 0.1) is 0 Å². The van der Waals surface area contributed by atoms with Gasteiger partial charge >= 0.3 is 5.97 Å². The molecule has 1 aliphatic heterocycles. The van der Waals surface area contributed by atoms with E-state index in [1.807, 2.05) is 30.3 Å². The van der Waals surface area contributed by atoms with E-state index in [9.17, 15) is 14.4 Å². The zero-order chi connectivity index (χ0) is 22.7. The lowest BCUT2D eigenvalue weighted by atomic mass is 10.1. The van der Waals surface area contributed by atoms with Crippen LogP contribution in [0.4, 0.5) is 0 Å². The Hall–Kier alpha value is -3.69. The largest absolute Gasteiger partial charge is 0.478 e. The average Bonchev–Trinajstić information content (AvgIpc) is 3.35. The van der Waals surface area contributed by atoms with Gasteiger partial charge in [-0.25, -0.2) is 4.79 Å². The number of thiocarbonyl (C=S) groups is 1. The van der Waals surface area contributed by atoms with Gasteiger partial charge in [0.15, 0.2) is 4.32 Å². The van der Waals surface area contributed by atoms with E-state index in [0.717, 1.165) is 22.3 Å². The predicted molar refractivity (Wildman–Crippen MR) is 124 cm³/mol. The van der Waals surface area contributed by atoms with Crippen molar-refractivity contribution in [2.75, 3.05) is 0 Å². The Kier molecular flexibility index (Phi) is 6.20. The molecule has 0 spiro atoms. The first-order chi connectivity index (χ1) is 15.4. The second kappa shape index (κ2) is 9.21. The summed E-state index contributed by atoms with van der Waals surface area (Å²) in [5.41, 5.74) is 4.26. The number of hydrazine groups is 1. The third-order valence-corrected chi connectivity index (χ3v) is 5.86. The second-order valence-corrected chi connectivity index (χ2v) is 8.47. The summed E-state index contributed by atoms with van der Waals surface area (Å²) in [5, 5.41) is 10.1. The number of amides is 2. The van der Waals surface area contributed by atoms with E-state index in [1.165, 1.54) is 12.1 Å². The van der Waals surface area contributed by atoms with Crippen molar-refractivity contribution in [1.29, 1.82) is 0 Å². The molecule has 0 atom stereocenters. The van der Waals surface area contributed by atoms with E-state index in [1.54, 1.807) is 30.3 Å². The van der Waals surface area contributed by atoms with Crippen molar-refractivity contribution in [3.63, 3.8) is 0 Å². The number of hydrogen-bond acceptors (Lipinski definition) is 6. The summed E-state index contributed by atoms with van der Waals surface area (Å²) >= 11 is 6.31. The number of aromatic carboxylic acids is 1. The third kappa shape index (κ3) is 4.79. The molecule has 0 bridgehead atoms. The Bertz CT molecular complexity index is 1230. The predicted octanol–water partition coefficient (Wildman–Crippen LogP) is 4.12. The first kappa shape index (κ1) is 21.5. The van der Waals surface area contributed by atoms with E-state index in [2.05, 4.69) is 5.43 Å². The van der Waals surface area contributed by atoms with Gasteiger partial charge in [0.2, 0.25) is 5.91 Å². The molecule has 2 heterocycles. The first-order valence-corrected chi connectivity index (χ1v) is 10.7. The minimum Gasteiger partial charge on any atom is -0.478 e. The molecule has 9 heteroatoms. The quantitative estimate of drug-likeness (QED) is 0.418. The Labute approximate surface area is 192 Å². The molecule has 7 nitrogen and oxygen atoms in total. The number of nitrogens with one attached hydrogen (secondary N) is 1. The van der Waals surface area contributed by atoms with E-state index >= 15 is 0 Å². The monoisotopic (exact) mass is 464 g/mol. The average molecular weight is 465 g/mol. The number of carbonyl (C=O) groups excluding carboxylic acids is 2. The van der Waals surface area contributed by atoms with Crippen molar-refractivity contribution >= 4 is 52.2 Å². The fourth-order valence-corrected chi connectivity index (χ4v) is 4.16. The lowest BCUT2D eigenvalue weighted by Gasteiger charge is -2.15. The van der Waals surface area contributed by atoms with E-state index in [4.69, 9.17) is 21.7 Å². The van der Waals surface area contributed by atoms with Crippen molar-refractivity contribution in [2.24, 2.45) is 0 Å². The molecule has 0 saturated carbocycles. The Morgan fingerprint density at radius 1 is 1.06 bits per heavy atom. The van der Waals surface area contributed by atoms with Gasteiger partial charge in [-0.05, 0) is 42.0 Å². The Morgan fingerprint density at radius 3 is 2.47 bits per heavy atom. The molecule has 32 heavy (non-hydrogen) atoms. The van der Waals surface area contributed by atoms with E-state index in [0.29, 0.717) is 22.0 Å². The van der Waals surface area contributed by atoms with Crippen molar-refractivity contribution in [3.05, 3.63) is 88.5 Å². The minimum atomic E-state index is -1.01. The maximum Gasteiger partial charge on any atom is 0.335 e. The fourth-order valence-electron chi connectivity index (χ4n) is 3.00. The lowest BCUT2D eigenvalue weighted by molar-refractivity contribution is -0.132. The summed E-state index contributed by atoms with van der Waals surface area (Å²) in [6.07, 6.45) is 1.68. The zero-order valence-electron chi connectivity index (χ0n) is 16.5. The second-order valence-electron chi connectivity index (χ2n) is 6.80. The van der Waals surface area contributed by atoms with Gasteiger partial charge in [0, 0.05) is 11.6 Å². The summed E-state index contributed by atoms with van der Waals surface area (Å²) in [5.74, 6) is -0.836. The molecule has 1 fully saturated rings. The molecular weight excluding hydrogens is 448 g/mol. The summed E-state index contributed by atoms with van der Waals surface area (Å²) in [4.78, 5) is 36.3. The van der Waals surface area contributed by atoms with Gasteiger partial charge in [-0.3, -0.25) is 15.0 Å². The molecule has 160 valence electrons. The van der Waals surface area contributed by atoms with Crippen LogP contribution in [0.1, 0.15) is 21.7 Å². The highest BCUT2D eigenvalue weighted by molar-refractivity contribution is 8.26. The molecule has 4 rings (SSSR count). The first-order valence-electron chi connectivity index (χ1n) is 9.45. The highest BCUT2D eigenvalue weighted by Crippen LogP contribution is 2.32. The van der Waals surface area contributed by atoms with E-state index < -0.39 is 11.9 Å². The molecule has 1 aliphatic rings. The number of carboxylic acids is 1. The summed E-state index contributed by atoms with van der Waals surface area (Å²) < 4.78 is 5.99. The van der Waals surface area contributed by atoms with Gasteiger partial charge in [-0.1, -0.05) is 54.2 Å². The number of benzene rings is 2. The van der Waals surface area contributed by atoms with Crippen molar-refractivity contribution < 1.29 is 23.9 Å². The van der Waals surface area contributed by atoms with Crippen molar-refractivity contribution in [2.45, 2.75) is 6.42 Å². The maximum absolute atomic E-state index is 12.7. The molecule has 3 aromatic rings. The normalized spacial score (nSPS) is 14.8. The van der Waals surface area contributed by atoms with Crippen molar-refractivity contribution in [1.82, 2.24) is 10.4 Å². The molecule has 0 radical (unpaired) electrons. The van der Waals surface area contributed by atoms with Gasteiger partial charge in [0.05, 0.1) is 16.9 Å². The SMILES string of the molecule is O=C(Cc1ccccc1)NN1C(=O)C(=Cc2ccc(-c3ccc(C(=O)O)cc3)o2)SC1=S. The molecule has 0 unspecified atom stereocenters. The van der Waals surface area contributed by atoms with Gasteiger partial charge in [0.25, 0.3) is 5.91 Å². The minimum absolute atomic E-state index is 0.124. The molecule has 1 aromatic heterocycles. The third-order valence-electron chi connectivity index (χ3n) is 4.55. The van der Waals surface area contributed by atoms with Crippen molar-refractivity contribution in [3.8, 4) is 11.3 Å². The number of carbonyl (C=O) groups is 3. The van der Waals surface area contributed by atoms with Crippen LogP contribution >= 0.6 is 24.0 Å². The van der Waals surface area contributed by atoms with Crippen LogP contribution in [0.5, 0.6) is 0 Å². The molecule has 2 amide bonds. The van der Waals surface area contributed by atoms with Gasteiger partial charge in [0.1, 0.15) is 11.5 Å². The van der Waals surface area contributed by atoms with Gasteiger partial charge in [-0.2, -0.15) is 5.01 Å². The van der Waals surface area contributed by atoms with Crippen LogP contribution in [-0.2, 0) is 16.0 Å². The highest BCUT2D eigenvalue weighted by Gasteiger charge is 2.33. The molecule has 0 aliphatic carbocycles. The van der Waals surface area contributed by atoms with Crippen LogP contribution in [0.15, 0.2) is 76.1 Å². The van der Waals surface area contributed by atoms with Gasteiger partial charge in [-0.15, -0.1) is 0 Å². The molecule has 2 N–H and O–H groups in total. The number of thioether (sulfide) groups is 1. The lowest BCUT2D eigenvalue weighted by Crippen LogP contribution is -2.45. The molecule has 1 saturated heterocycles. The van der Waals surface area contributed by atoms with Gasteiger partial charge < -0.3 is 9.52 Å². The fraction of sp³-hybridized carbons (Fsp3) is 0.0435. The molecular formula is C23H16N2O5S2. The van der Waals surface area contributed by atoms with Crippen LogP contribution in [-0.4, -0.2) is 32.2 Å². The number of furan rings is 1. The number of nitrogens with zero attached hydrogens (tertiary/aromatic N) is 1. The topological polar surface area (TPSA) is 99.9 Å². The van der Waals surface area contributed by atoms with Crippen LogP contribution in [0.3, 0.4) is 0 Å². The van der Waals surface area contributed by atoms with Crippen LogP contribution in [0.2, 0.25) is 0 Å². The smallest absolute Gasteiger partial charge is 0.335 e. The van der Waals surface area contributed by atoms with Crippen LogP contribution in [0.25, 0.3) is 17.4 Å². The Morgan fingerprint density at radius 2 is 1.78 bits per heavy atom. The summed E-state index contributed by atoms with van der Waals surface area (Å²) in [6, 6.07) is 18.9. The summed E-state index contributed by atoms with van der Waals surface area (Å²) in [6.45, 7) is 0. The zero-order valence-corrected chi connectivity index (χ0v) is 18.1. The van der Waals surface area contributed by atoms with Crippen LogP contribution < -0.4 is 5.43 Å². The number of rotatable bonds is 6. The highest BCUT2D eigenvalue weighted by atomic mass is 32.2. The standard InChI is InChI=1S/C23H16N2O5S2/c26-20(12-14-4-2-1-3-5-14)24-25-21(27)19(32-23(25)31)13-17-10-11-18(30-17)15-6-8-16(9-7-15)22(28)29/h1-11,13H,12H2,(H,24,26)(H,28,29). The number of carboxylic acid groups (broad SMARTS) is 1. The number of hydrogen-bond donors (Lipinski definition) is 2. The Balaban J connectivity index is 1.45. The summed E-state index contributed by atoms with van der Waals surface area (Å²) in [7, 11) is 0. The maximum atomic E-state index is 12.7.